The summed E-state index contributed by atoms with van der Waals surface area (Å²) in [4.78, 5) is 16.2. The van der Waals surface area contributed by atoms with E-state index in [-0.39, 0.29) is 11.8 Å². The molecule has 0 aliphatic rings. The smallest absolute Gasteiger partial charge is 0.220 e. The second-order valence-electron chi connectivity index (χ2n) is 7.63. The summed E-state index contributed by atoms with van der Waals surface area (Å²) in [5.41, 5.74) is 4.61. The van der Waals surface area contributed by atoms with Gasteiger partial charge in [-0.1, -0.05) is 57.2 Å². The van der Waals surface area contributed by atoms with Crippen LogP contribution >= 0.6 is 0 Å². The Morgan fingerprint density at radius 3 is 2.61 bits per heavy atom. The third-order valence-electron chi connectivity index (χ3n) is 5.20. The average molecular weight is 379 g/mol. The fourth-order valence-corrected chi connectivity index (χ4v) is 3.74. The summed E-state index contributed by atoms with van der Waals surface area (Å²) in [6, 6.07) is 14.4. The molecule has 1 amide bonds. The van der Waals surface area contributed by atoms with Gasteiger partial charge in [0.1, 0.15) is 5.75 Å². The van der Waals surface area contributed by atoms with Crippen molar-refractivity contribution in [3.63, 3.8) is 0 Å². The number of H-pyrrole nitrogens is 1. The van der Waals surface area contributed by atoms with Crippen LogP contribution in [0.15, 0.2) is 48.7 Å². The van der Waals surface area contributed by atoms with Gasteiger partial charge in [0.25, 0.3) is 0 Å². The van der Waals surface area contributed by atoms with E-state index in [1.807, 2.05) is 18.2 Å². The second kappa shape index (κ2) is 8.96. The highest BCUT2D eigenvalue weighted by molar-refractivity contribution is 5.88. The molecule has 1 unspecified atom stereocenters. The van der Waals surface area contributed by atoms with E-state index in [2.05, 4.69) is 61.5 Å². The zero-order valence-electron chi connectivity index (χ0n) is 17.2. The number of nitrogens with one attached hydrogen (secondary N) is 2. The number of hydrogen-bond acceptors (Lipinski definition) is 2. The number of methoxy groups -OCH3 is 1. The van der Waals surface area contributed by atoms with E-state index < -0.39 is 0 Å². The number of fused-ring (bicyclic) bond motifs is 1. The van der Waals surface area contributed by atoms with Crippen molar-refractivity contribution in [2.24, 2.45) is 5.92 Å². The molecule has 0 saturated heterocycles. The maximum atomic E-state index is 12.7. The fraction of sp³-hybridized carbons (Fsp3) is 0.375. The van der Waals surface area contributed by atoms with Crippen molar-refractivity contribution in [3.05, 3.63) is 65.4 Å². The lowest BCUT2D eigenvalue weighted by molar-refractivity contribution is -0.121. The van der Waals surface area contributed by atoms with E-state index in [4.69, 9.17) is 4.74 Å². The Kier molecular flexibility index (Phi) is 6.40. The number of ether oxygens (including phenoxy) is 1. The highest BCUT2D eigenvalue weighted by Crippen LogP contribution is 2.38. The quantitative estimate of drug-likeness (QED) is 0.577. The van der Waals surface area contributed by atoms with Gasteiger partial charge in [-0.2, -0.15) is 0 Å². The number of carbonyl (C=O) groups excluding carboxylic acids is 1. The van der Waals surface area contributed by atoms with Crippen LogP contribution in [0.3, 0.4) is 0 Å². The van der Waals surface area contributed by atoms with Gasteiger partial charge in [-0.3, -0.25) is 4.79 Å². The van der Waals surface area contributed by atoms with E-state index >= 15 is 0 Å². The molecule has 0 aliphatic carbocycles. The van der Waals surface area contributed by atoms with Crippen molar-refractivity contribution < 1.29 is 9.53 Å². The summed E-state index contributed by atoms with van der Waals surface area (Å²) in [6.45, 7) is 7.05. The molecule has 148 valence electrons. The molecule has 0 spiro atoms. The highest BCUT2D eigenvalue weighted by atomic mass is 16.5. The standard InChI is InChI=1S/C24H30N2O2/c1-5-17-9-8-11-19-21(15-26-24(17)19)20(13-23(27)25-14-16(2)3)18-10-6-7-12-22(18)28-4/h6-12,15-16,20,26H,5,13-14H2,1-4H3,(H,25,27). The van der Waals surface area contributed by atoms with Crippen LogP contribution in [-0.4, -0.2) is 24.5 Å². The first-order valence-electron chi connectivity index (χ1n) is 10.0. The summed E-state index contributed by atoms with van der Waals surface area (Å²) >= 11 is 0. The third-order valence-corrected chi connectivity index (χ3v) is 5.20. The maximum Gasteiger partial charge on any atom is 0.220 e. The van der Waals surface area contributed by atoms with Gasteiger partial charge in [0.05, 0.1) is 7.11 Å². The number of hydrogen-bond donors (Lipinski definition) is 2. The molecule has 1 aromatic heterocycles. The Morgan fingerprint density at radius 2 is 1.89 bits per heavy atom. The number of aryl methyl sites for hydroxylation is 1. The zero-order valence-corrected chi connectivity index (χ0v) is 17.2. The summed E-state index contributed by atoms with van der Waals surface area (Å²) < 4.78 is 5.62. The van der Waals surface area contributed by atoms with Crippen LogP contribution in [0.2, 0.25) is 0 Å². The molecule has 0 aliphatic heterocycles. The van der Waals surface area contributed by atoms with Gasteiger partial charge < -0.3 is 15.0 Å². The van der Waals surface area contributed by atoms with Crippen LogP contribution < -0.4 is 10.1 Å². The summed E-state index contributed by atoms with van der Waals surface area (Å²) in [5, 5.41) is 4.24. The van der Waals surface area contributed by atoms with Crippen molar-refractivity contribution in [1.29, 1.82) is 0 Å². The molecule has 0 saturated carbocycles. The van der Waals surface area contributed by atoms with Crippen molar-refractivity contribution in [3.8, 4) is 5.75 Å². The first kappa shape index (κ1) is 20.0. The topological polar surface area (TPSA) is 54.1 Å². The lowest BCUT2D eigenvalue weighted by Crippen LogP contribution is -2.28. The molecule has 2 aromatic carbocycles. The van der Waals surface area contributed by atoms with Crippen molar-refractivity contribution in [2.45, 2.75) is 39.5 Å². The van der Waals surface area contributed by atoms with E-state index in [1.54, 1.807) is 7.11 Å². The minimum absolute atomic E-state index is 0.0607. The second-order valence-corrected chi connectivity index (χ2v) is 7.63. The van der Waals surface area contributed by atoms with E-state index in [9.17, 15) is 4.79 Å². The minimum atomic E-state index is -0.0795. The molecule has 0 bridgehead atoms. The Bertz CT molecular complexity index is 943. The molecule has 1 atom stereocenters. The van der Waals surface area contributed by atoms with Crippen LogP contribution in [0.5, 0.6) is 5.75 Å². The fourth-order valence-electron chi connectivity index (χ4n) is 3.74. The van der Waals surface area contributed by atoms with Crippen LogP contribution in [0.4, 0.5) is 0 Å². The first-order chi connectivity index (χ1) is 13.5. The van der Waals surface area contributed by atoms with E-state index in [0.717, 1.165) is 28.8 Å². The van der Waals surface area contributed by atoms with Crippen LogP contribution in [0, 0.1) is 5.92 Å². The minimum Gasteiger partial charge on any atom is -0.496 e. The van der Waals surface area contributed by atoms with E-state index in [0.29, 0.717) is 18.9 Å². The Balaban J connectivity index is 2.05. The number of benzene rings is 2. The SMILES string of the molecule is CCc1cccc2c(C(CC(=O)NCC(C)C)c3ccccc3OC)c[nH]c12. The summed E-state index contributed by atoms with van der Waals surface area (Å²) in [7, 11) is 1.68. The monoisotopic (exact) mass is 378 g/mol. The lowest BCUT2D eigenvalue weighted by Gasteiger charge is -2.20. The van der Waals surface area contributed by atoms with Gasteiger partial charge in [-0.25, -0.2) is 0 Å². The van der Waals surface area contributed by atoms with Crippen molar-refractivity contribution in [1.82, 2.24) is 10.3 Å². The molecule has 4 nitrogen and oxygen atoms in total. The molecule has 1 heterocycles. The van der Waals surface area contributed by atoms with Gasteiger partial charge in [0.15, 0.2) is 0 Å². The van der Waals surface area contributed by atoms with Gasteiger partial charge in [-0.05, 0) is 29.5 Å². The predicted octanol–water partition coefficient (Wildman–Crippen LogP) is 5.03. The Morgan fingerprint density at radius 1 is 1.11 bits per heavy atom. The molecule has 0 radical (unpaired) electrons. The third kappa shape index (κ3) is 4.22. The molecular formula is C24H30N2O2. The molecule has 2 N–H and O–H groups in total. The summed E-state index contributed by atoms with van der Waals surface area (Å²) in [6.07, 6.45) is 3.40. The molecule has 0 fully saturated rings. The van der Waals surface area contributed by atoms with Crippen LogP contribution in [0.1, 0.15) is 49.8 Å². The first-order valence-corrected chi connectivity index (χ1v) is 10.0. The molecule has 3 aromatic rings. The van der Waals surface area contributed by atoms with Crippen molar-refractivity contribution in [2.75, 3.05) is 13.7 Å². The largest absolute Gasteiger partial charge is 0.496 e. The van der Waals surface area contributed by atoms with Crippen molar-refractivity contribution >= 4 is 16.8 Å². The molecule has 3 rings (SSSR count). The Hall–Kier alpha value is -2.75. The average Bonchev–Trinajstić information content (AvgIpc) is 3.14. The Labute approximate surface area is 167 Å². The number of rotatable bonds is 8. The van der Waals surface area contributed by atoms with Gasteiger partial charge in [0, 0.05) is 41.5 Å². The summed E-state index contributed by atoms with van der Waals surface area (Å²) in [5.74, 6) is 1.22. The number of aromatic nitrogens is 1. The predicted molar refractivity (Wildman–Crippen MR) is 115 cm³/mol. The number of aromatic amines is 1. The van der Waals surface area contributed by atoms with Gasteiger partial charge >= 0.3 is 0 Å². The number of amides is 1. The maximum absolute atomic E-state index is 12.7. The molecular weight excluding hydrogens is 348 g/mol. The van der Waals surface area contributed by atoms with Crippen LogP contribution in [-0.2, 0) is 11.2 Å². The molecule has 4 heteroatoms. The van der Waals surface area contributed by atoms with E-state index in [1.165, 1.54) is 10.9 Å². The lowest BCUT2D eigenvalue weighted by atomic mass is 9.87. The zero-order chi connectivity index (χ0) is 20.1. The normalized spacial score (nSPS) is 12.3. The van der Waals surface area contributed by atoms with Crippen LogP contribution in [0.25, 0.3) is 10.9 Å². The van der Waals surface area contributed by atoms with Gasteiger partial charge in [-0.15, -0.1) is 0 Å². The molecule has 28 heavy (non-hydrogen) atoms. The number of carbonyl (C=O) groups is 1. The highest BCUT2D eigenvalue weighted by Gasteiger charge is 2.24. The van der Waals surface area contributed by atoms with Gasteiger partial charge in [0.2, 0.25) is 5.91 Å². The number of para-hydroxylation sites is 2.